The van der Waals surface area contributed by atoms with Gasteiger partial charge in [-0.05, 0) is 139 Å². The smallest absolute Gasteiger partial charge is 0.165 e. The van der Waals surface area contributed by atoms with E-state index in [4.69, 9.17) is 15.0 Å². The van der Waals surface area contributed by atoms with Crippen LogP contribution in [0.25, 0.3) is 95.2 Å². The molecule has 0 saturated heterocycles. The van der Waals surface area contributed by atoms with Crippen molar-refractivity contribution in [3.8, 4) is 56.4 Å². The van der Waals surface area contributed by atoms with E-state index < -0.39 is 0 Å². The minimum absolute atomic E-state index is 0.0510. The maximum Gasteiger partial charge on any atom is 0.165 e. The fourth-order valence-corrected chi connectivity index (χ4v) is 14.5. The Kier molecular flexibility index (Phi) is 9.73. The second kappa shape index (κ2) is 16.7. The Hall–Kier alpha value is -8.15. The highest BCUT2D eigenvalue weighted by Gasteiger charge is 2.59. The summed E-state index contributed by atoms with van der Waals surface area (Å²) in [6.45, 7) is 2.47. The molecule has 4 aliphatic carbocycles. The number of nitrogens with zero attached hydrogens (tertiary/aromatic N) is 5. The summed E-state index contributed by atoms with van der Waals surface area (Å²) in [7, 11) is 0. The van der Waals surface area contributed by atoms with Crippen molar-refractivity contribution in [2.75, 3.05) is 0 Å². The average molecular weight is 942 g/mol. The number of aromatic nitrogens is 5. The van der Waals surface area contributed by atoms with E-state index >= 15 is 0 Å². The van der Waals surface area contributed by atoms with E-state index in [2.05, 4.69) is 228 Å². The van der Waals surface area contributed by atoms with Gasteiger partial charge in [-0.15, -0.1) is 0 Å². The van der Waals surface area contributed by atoms with Crippen molar-refractivity contribution < 1.29 is 0 Å². The number of hydrogen-bond donors (Lipinski definition) is 0. The van der Waals surface area contributed by atoms with Gasteiger partial charge in [-0.1, -0.05) is 171 Å². The SMILES string of the molecule is CC1C[C@@H]2CC3(c4nc(-c5ccccc5)nc(-c5cc(-c6ccccc6-n6c7ccccc7c7ccccc76)ccc5-n5c6c(c7cc(-c8ccccc8)ccc75)CC(c5ccccc5)C=C6)n4)CC2[C@@H](C1)C3. The zero-order valence-corrected chi connectivity index (χ0v) is 41.1. The van der Waals surface area contributed by atoms with Gasteiger partial charge >= 0.3 is 0 Å². The first kappa shape index (κ1) is 42.5. The highest BCUT2D eigenvalue weighted by molar-refractivity contribution is 6.10. The number of benzene rings is 8. The summed E-state index contributed by atoms with van der Waals surface area (Å²) in [5, 5.41) is 3.77. The lowest BCUT2D eigenvalue weighted by Crippen LogP contribution is -2.34. The first-order valence-electron chi connectivity index (χ1n) is 26.5. The summed E-state index contributed by atoms with van der Waals surface area (Å²) >= 11 is 0. The van der Waals surface area contributed by atoms with Crippen LogP contribution in [0.5, 0.6) is 0 Å². The van der Waals surface area contributed by atoms with Gasteiger partial charge in [0, 0.05) is 49.9 Å². The van der Waals surface area contributed by atoms with E-state index in [0.717, 1.165) is 81.2 Å². The molecule has 0 N–H and O–H groups in total. The molecule has 4 aliphatic rings. The molecule has 352 valence electrons. The molecule has 5 nitrogen and oxygen atoms in total. The van der Waals surface area contributed by atoms with Crippen LogP contribution >= 0.6 is 0 Å². The summed E-state index contributed by atoms with van der Waals surface area (Å²) in [4.78, 5) is 17.0. The maximum atomic E-state index is 5.83. The quantitative estimate of drug-likeness (QED) is 0.152. The third-order valence-electron chi connectivity index (χ3n) is 17.6. The van der Waals surface area contributed by atoms with Gasteiger partial charge in [-0.2, -0.15) is 0 Å². The molecule has 15 rings (SSSR count). The number of para-hydroxylation sites is 3. The summed E-state index contributed by atoms with van der Waals surface area (Å²) in [5.74, 6) is 5.76. The topological polar surface area (TPSA) is 48.5 Å². The zero-order chi connectivity index (χ0) is 48.2. The van der Waals surface area contributed by atoms with Gasteiger partial charge in [0.1, 0.15) is 5.82 Å². The molecule has 8 aromatic carbocycles. The van der Waals surface area contributed by atoms with Crippen molar-refractivity contribution in [1.82, 2.24) is 24.1 Å². The van der Waals surface area contributed by atoms with Gasteiger partial charge in [-0.3, -0.25) is 0 Å². The van der Waals surface area contributed by atoms with Crippen molar-refractivity contribution in [3.63, 3.8) is 0 Å². The highest BCUT2D eigenvalue weighted by Crippen LogP contribution is 2.65. The van der Waals surface area contributed by atoms with E-state index in [1.165, 1.54) is 92.8 Å². The fraction of sp³-hybridized carbons (Fsp3) is 0.191. The van der Waals surface area contributed by atoms with Gasteiger partial charge < -0.3 is 9.13 Å². The number of rotatable bonds is 8. The molecule has 0 spiro atoms. The predicted octanol–water partition coefficient (Wildman–Crippen LogP) is 16.6. The summed E-state index contributed by atoms with van der Waals surface area (Å²) < 4.78 is 4.97. The van der Waals surface area contributed by atoms with Gasteiger partial charge in [-0.25, -0.2) is 15.0 Å². The fourth-order valence-electron chi connectivity index (χ4n) is 14.5. The Morgan fingerprint density at radius 3 is 1.81 bits per heavy atom. The Morgan fingerprint density at radius 1 is 0.466 bits per heavy atom. The van der Waals surface area contributed by atoms with E-state index in [9.17, 15) is 0 Å². The van der Waals surface area contributed by atoms with Crippen LogP contribution in [0.15, 0.2) is 206 Å². The van der Waals surface area contributed by atoms with Crippen molar-refractivity contribution >= 4 is 38.8 Å². The van der Waals surface area contributed by atoms with Crippen LogP contribution in [0.1, 0.15) is 67.6 Å². The van der Waals surface area contributed by atoms with Crippen molar-refractivity contribution in [2.45, 2.75) is 56.8 Å². The lowest BCUT2D eigenvalue weighted by Gasteiger charge is -2.40. The predicted molar refractivity (Wildman–Crippen MR) is 299 cm³/mol. The molecule has 73 heavy (non-hydrogen) atoms. The largest absolute Gasteiger partial charge is 0.309 e. The Balaban J connectivity index is 0.992. The minimum Gasteiger partial charge on any atom is -0.309 e. The van der Waals surface area contributed by atoms with E-state index in [1.54, 1.807) is 0 Å². The lowest BCUT2D eigenvalue weighted by molar-refractivity contribution is 0.113. The van der Waals surface area contributed by atoms with E-state index in [0.29, 0.717) is 0 Å². The van der Waals surface area contributed by atoms with Crippen LogP contribution in [0.3, 0.4) is 0 Å². The van der Waals surface area contributed by atoms with E-state index in [-0.39, 0.29) is 11.3 Å². The summed E-state index contributed by atoms with van der Waals surface area (Å²) in [5.41, 5.74) is 16.3. The Labute approximate surface area is 426 Å². The maximum absolute atomic E-state index is 5.83. The zero-order valence-electron chi connectivity index (χ0n) is 41.1. The second-order valence-corrected chi connectivity index (χ2v) is 21.8. The molecule has 3 heterocycles. The molecular weight excluding hydrogens is 887 g/mol. The first-order chi connectivity index (χ1) is 36.0. The van der Waals surface area contributed by atoms with Crippen LogP contribution in [-0.2, 0) is 11.8 Å². The highest BCUT2D eigenvalue weighted by atomic mass is 15.1. The first-order valence-corrected chi connectivity index (χ1v) is 26.5. The molecule has 11 aromatic rings. The molecule has 3 fully saturated rings. The summed E-state index contributed by atoms with van der Waals surface area (Å²) in [6.07, 6.45) is 11.9. The third-order valence-corrected chi connectivity index (χ3v) is 17.6. The molecule has 0 amide bonds. The van der Waals surface area contributed by atoms with Gasteiger partial charge in [0.05, 0.1) is 27.9 Å². The molecule has 0 radical (unpaired) electrons. The molecular formula is C68H55N5. The van der Waals surface area contributed by atoms with Crippen LogP contribution < -0.4 is 0 Å². The van der Waals surface area contributed by atoms with Gasteiger partial charge in [0.15, 0.2) is 11.6 Å². The van der Waals surface area contributed by atoms with Crippen LogP contribution in [0.4, 0.5) is 0 Å². The normalized spacial score (nSPS) is 21.8. The van der Waals surface area contributed by atoms with Crippen LogP contribution in [-0.4, -0.2) is 24.1 Å². The second-order valence-electron chi connectivity index (χ2n) is 21.8. The molecule has 3 aromatic heterocycles. The van der Waals surface area contributed by atoms with Crippen molar-refractivity contribution in [3.05, 3.63) is 229 Å². The summed E-state index contributed by atoms with van der Waals surface area (Å²) in [6, 6.07) is 73.1. The van der Waals surface area contributed by atoms with Crippen LogP contribution in [0.2, 0.25) is 0 Å². The van der Waals surface area contributed by atoms with Gasteiger partial charge in [0.25, 0.3) is 0 Å². The Bertz CT molecular complexity index is 3910. The molecule has 0 aliphatic heterocycles. The number of hydrogen-bond acceptors (Lipinski definition) is 3. The van der Waals surface area contributed by atoms with Gasteiger partial charge in [0.2, 0.25) is 0 Å². The molecule has 6 atom stereocenters. The third kappa shape index (κ3) is 6.85. The lowest BCUT2D eigenvalue weighted by atomic mass is 9.65. The molecule has 5 heteroatoms. The average Bonchev–Trinajstić information content (AvgIpc) is 4.23. The standard InChI is InChI=1S/C68H55N5/c1-43-35-50-40-68(41-51(36-43)58(50)42-68)67-70-65(46-21-9-4-10-22-46)69-66(71-67)57-39-49(52-23-11-14-26-59(52)72-60-27-15-12-24-53(60)54-25-13-16-28-61(54)72)31-34-64(57)73-62-32-29-47(44-17-5-2-6-18-44)37-55(62)56-38-48(30-33-63(56)73)45-19-7-3-8-20-45/h2-34,37,39,43,48,50-51,58H,35-36,38,40-42H2,1H3/t43?,48?,50-,51+,58?,68?. The van der Waals surface area contributed by atoms with Crippen LogP contribution in [0, 0.1) is 23.7 Å². The molecule has 3 saturated carbocycles. The molecule has 4 unspecified atom stereocenters. The number of allylic oxidation sites excluding steroid dienone is 1. The van der Waals surface area contributed by atoms with E-state index in [1.807, 2.05) is 0 Å². The monoisotopic (exact) mass is 941 g/mol. The number of fused-ring (bicyclic) bond motifs is 7. The molecule has 2 bridgehead atoms. The minimum atomic E-state index is -0.0510. The Morgan fingerprint density at radius 2 is 1.07 bits per heavy atom. The van der Waals surface area contributed by atoms with Crippen molar-refractivity contribution in [2.24, 2.45) is 23.7 Å². The van der Waals surface area contributed by atoms with Crippen molar-refractivity contribution in [1.29, 1.82) is 0 Å².